The van der Waals surface area contributed by atoms with Gasteiger partial charge in [-0.25, -0.2) is 0 Å². The van der Waals surface area contributed by atoms with Gasteiger partial charge in [0.2, 0.25) is 11.8 Å². The molecule has 4 amide bonds. The van der Waals surface area contributed by atoms with Crippen molar-refractivity contribution in [3.05, 3.63) is 34.9 Å². The van der Waals surface area contributed by atoms with Crippen molar-refractivity contribution in [1.29, 1.82) is 0 Å². The van der Waals surface area contributed by atoms with Crippen LogP contribution in [0.15, 0.2) is 18.2 Å². The summed E-state index contributed by atoms with van der Waals surface area (Å²) in [5, 5.41) is 14.4. The Kier molecular flexibility index (Phi) is 5.91. The molecule has 3 rings (SSSR count). The van der Waals surface area contributed by atoms with E-state index in [0.717, 1.165) is 0 Å². The number of aliphatic carboxylic acids is 1. The SMILES string of the molecule is CCC(CC)(CNC(=O)c1ccc2c(c1)CN(C1CCC(=O)NC1=O)C2=O)C(=O)O. The number of piperidine rings is 1. The van der Waals surface area contributed by atoms with Gasteiger partial charge in [-0.15, -0.1) is 0 Å². The van der Waals surface area contributed by atoms with Gasteiger partial charge in [-0.3, -0.25) is 29.3 Å². The molecule has 30 heavy (non-hydrogen) atoms. The molecule has 9 nitrogen and oxygen atoms in total. The summed E-state index contributed by atoms with van der Waals surface area (Å²) in [6, 6.07) is 3.93. The van der Waals surface area contributed by atoms with Crippen LogP contribution in [0.2, 0.25) is 0 Å². The fourth-order valence-corrected chi connectivity index (χ4v) is 3.95. The fraction of sp³-hybridized carbons (Fsp3) is 0.476. The molecule has 0 bridgehead atoms. The molecular weight excluding hydrogens is 390 g/mol. The predicted octanol–water partition coefficient (Wildman–Crippen LogP) is 1.07. The van der Waals surface area contributed by atoms with Crippen LogP contribution in [0.1, 0.15) is 65.8 Å². The predicted molar refractivity (Wildman–Crippen MR) is 105 cm³/mol. The molecule has 2 aliphatic rings. The molecule has 1 atom stereocenters. The maximum atomic E-state index is 12.7. The Morgan fingerprint density at radius 1 is 1.23 bits per heavy atom. The molecule has 0 aliphatic carbocycles. The molecular formula is C21H25N3O6. The van der Waals surface area contributed by atoms with E-state index in [1.54, 1.807) is 26.0 Å². The summed E-state index contributed by atoms with van der Waals surface area (Å²) in [6.45, 7) is 3.72. The number of rotatable bonds is 7. The van der Waals surface area contributed by atoms with Crippen molar-refractivity contribution in [2.75, 3.05) is 6.54 Å². The van der Waals surface area contributed by atoms with Crippen LogP contribution < -0.4 is 10.6 Å². The van der Waals surface area contributed by atoms with Gasteiger partial charge < -0.3 is 15.3 Å². The van der Waals surface area contributed by atoms with Crippen molar-refractivity contribution >= 4 is 29.6 Å². The molecule has 160 valence electrons. The van der Waals surface area contributed by atoms with Crippen LogP contribution in [0.5, 0.6) is 0 Å². The summed E-state index contributed by atoms with van der Waals surface area (Å²) < 4.78 is 0. The van der Waals surface area contributed by atoms with Crippen LogP contribution in [0.3, 0.4) is 0 Å². The topological polar surface area (TPSA) is 133 Å². The number of carboxylic acid groups (broad SMARTS) is 1. The van der Waals surface area contributed by atoms with E-state index in [0.29, 0.717) is 29.5 Å². The molecule has 2 heterocycles. The van der Waals surface area contributed by atoms with Crippen LogP contribution in [0, 0.1) is 5.41 Å². The Morgan fingerprint density at radius 2 is 1.93 bits per heavy atom. The minimum Gasteiger partial charge on any atom is -0.481 e. The highest BCUT2D eigenvalue weighted by molar-refractivity contribution is 6.06. The van der Waals surface area contributed by atoms with Gasteiger partial charge in [-0.2, -0.15) is 0 Å². The van der Waals surface area contributed by atoms with Crippen LogP contribution in [0.25, 0.3) is 0 Å². The van der Waals surface area contributed by atoms with Gasteiger partial charge in [-0.05, 0) is 43.0 Å². The fourth-order valence-electron chi connectivity index (χ4n) is 3.95. The Labute approximate surface area is 173 Å². The third kappa shape index (κ3) is 3.79. The standard InChI is InChI=1S/C21H25N3O6/c1-3-21(4-2,20(29)30)11-22-17(26)12-5-6-14-13(9-12)10-24(19(14)28)15-7-8-16(25)23-18(15)27/h5-6,9,15H,3-4,7-8,10-11H2,1-2H3,(H,22,26)(H,29,30)(H,23,25,27). The van der Waals surface area contributed by atoms with E-state index in [4.69, 9.17) is 0 Å². The molecule has 0 aromatic heterocycles. The van der Waals surface area contributed by atoms with E-state index in [-0.39, 0.29) is 37.7 Å². The van der Waals surface area contributed by atoms with Gasteiger partial charge in [0.25, 0.3) is 11.8 Å². The highest BCUT2D eigenvalue weighted by Crippen LogP contribution is 2.29. The Bertz CT molecular complexity index is 921. The minimum absolute atomic E-state index is 0.00653. The average molecular weight is 415 g/mol. The highest BCUT2D eigenvalue weighted by Gasteiger charge is 2.39. The van der Waals surface area contributed by atoms with Gasteiger partial charge in [0.05, 0.1) is 5.41 Å². The smallest absolute Gasteiger partial charge is 0.311 e. The number of imide groups is 1. The lowest BCUT2D eigenvalue weighted by Gasteiger charge is -2.29. The third-order valence-corrected chi connectivity index (χ3v) is 6.18. The van der Waals surface area contributed by atoms with Gasteiger partial charge >= 0.3 is 5.97 Å². The van der Waals surface area contributed by atoms with E-state index < -0.39 is 29.2 Å². The van der Waals surface area contributed by atoms with Gasteiger partial charge in [0.1, 0.15) is 6.04 Å². The molecule has 1 unspecified atom stereocenters. The summed E-state index contributed by atoms with van der Waals surface area (Å²) in [6.07, 6.45) is 1.21. The largest absolute Gasteiger partial charge is 0.481 e. The van der Waals surface area contributed by atoms with E-state index in [9.17, 15) is 29.1 Å². The summed E-state index contributed by atoms with van der Waals surface area (Å²) in [4.78, 5) is 61.8. The van der Waals surface area contributed by atoms with E-state index in [1.165, 1.54) is 11.0 Å². The molecule has 2 aliphatic heterocycles. The van der Waals surface area contributed by atoms with Crippen LogP contribution >= 0.6 is 0 Å². The minimum atomic E-state index is -1.02. The zero-order chi connectivity index (χ0) is 22.1. The van der Waals surface area contributed by atoms with E-state index in [1.807, 2.05) is 0 Å². The zero-order valence-electron chi connectivity index (χ0n) is 17.0. The van der Waals surface area contributed by atoms with Crippen molar-refractivity contribution in [3.63, 3.8) is 0 Å². The lowest BCUT2D eigenvalue weighted by molar-refractivity contribution is -0.149. The number of nitrogens with one attached hydrogen (secondary N) is 2. The summed E-state index contributed by atoms with van der Waals surface area (Å²) >= 11 is 0. The number of fused-ring (bicyclic) bond motifs is 1. The first-order valence-electron chi connectivity index (χ1n) is 10.0. The van der Waals surface area contributed by atoms with Gasteiger partial charge in [-0.1, -0.05) is 13.8 Å². The van der Waals surface area contributed by atoms with Crippen molar-refractivity contribution in [1.82, 2.24) is 15.5 Å². The number of carbonyl (C=O) groups is 5. The number of nitrogens with zero attached hydrogens (tertiary/aromatic N) is 1. The first-order chi connectivity index (χ1) is 14.2. The number of benzene rings is 1. The third-order valence-electron chi connectivity index (χ3n) is 6.18. The normalized spacial score (nSPS) is 18.8. The lowest BCUT2D eigenvalue weighted by atomic mass is 9.82. The molecule has 9 heteroatoms. The highest BCUT2D eigenvalue weighted by atomic mass is 16.4. The van der Waals surface area contributed by atoms with E-state index in [2.05, 4.69) is 10.6 Å². The van der Waals surface area contributed by atoms with Crippen LogP contribution in [-0.2, 0) is 20.9 Å². The molecule has 0 radical (unpaired) electrons. The van der Waals surface area contributed by atoms with Crippen molar-refractivity contribution in [3.8, 4) is 0 Å². The Hall–Kier alpha value is -3.23. The average Bonchev–Trinajstić information content (AvgIpc) is 3.04. The quantitative estimate of drug-likeness (QED) is 0.571. The molecule has 1 aromatic carbocycles. The number of hydrogen-bond donors (Lipinski definition) is 3. The molecule has 0 saturated carbocycles. The second-order valence-corrected chi connectivity index (χ2v) is 7.75. The monoisotopic (exact) mass is 415 g/mol. The van der Waals surface area contributed by atoms with E-state index >= 15 is 0 Å². The van der Waals surface area contributed by atoms with Crippen molar-refractivity contribution in [2.45, 2.75) is 52.1 Å². The molecule has 1 fully saturated rings. The summed E-state index contributed by atoms with van der Waals surface area (Å²) in [5.74, 6) is -2.52. The number of hydrogen-bond acceptors (Lipinski definition) is 5. The number of carbonyl (C=O) groups excluding carboxylic acids is 4. The van der Waals surface area contributed by atoms with Crippen LogP contribution in [0.4, 0.5) is 0 Å². The second kappa shape index (κ2) is 8.25. The van der Waals surface area contributed by atoms with Crippen LogP contribution in [-0.4, -0.2) is 52.2 Å². The molecule has 0 spiro atoms. The number of amides is 4. The van der Waals surface area contributed by atoms with Crippen molar-refractivity contribution < 1.29 is 29.1 Å². The van der Waals surface area contributed by atoms with Gasteiger partial charge in [0, 0.05) is 30.6 Å². The first-order valence-corrected chi connectivity index (χ1v) is 10.0. The molecule has 3 N–H and O–H groups in total. The maximum Gasteiger partial charge on any atom is 0.311 e. The first kappa shape index (κ1) is 21.5. The van der Waals surface area contributed by atoms with Crippen molar-refractivity contribution in [2.24, 2.45) is 5.41 Å². The Morgan fingerprint density at radius 3 is 2.53 bits per heavy atom. The Balaban J connectivity index is 1.73. The maximum absolute atomic E-state index is 12.7. The summed E-state index contributed by atoms with van der Waals surface area (Å²) in [5.41, 5.74) is 0.328. The molecule has 1 saturated heterocycles. The number of carboxylic acids is 1. The lowest BCUT2D eigenvalue weighted by Crippen LogP contribution is -2.52. The zero-order valence-corrected chi connectivity index (χ0v) is 17.0. The van der Waals surface area contributed by atoms with Gasteiger partial charge in [0.15, 0.2) is 0 Å². The molecule has 1 aromatic rings. The second-order valence-electron chi connectivity index (χ2n) is 7.75. The summed E-state index contributed by atoms with van der Waals surface area (Å²) in [7, 11) is 0.